The maximum atomic E-state index is 13.8. The minimum Gasteiger partial charge on any atom is -0.589 e. The van der Waals surface area contributed by atoms with E-state index in [1.807, 2.05) is 0 Å². The molecule has 0 bridgehead atoms. The summed E-state index contributed by atoms with van der Waals surface area (Å²) in [6.07, 6.45) is 7.41. The second-order valence-electron chi connectivity index (χ2n) is 10.8. The van der Waals surface area contributed by atoms with Crippen LogP contribution in [0.2, 0.25) is 0 Å². The molecular weight excluding hydrogens is 547 g/mol. The second-order valence-corrected chi connectivity index (χ2v) is 10.8. The van der Waals surface area contributed by atoms with Gasteiger partial charge >= 0.3 is 12.1 Å². The Morgan fingerprint density at radius 3 is 2.29 bits per heavy atom. The number of aryl methyl sites for hydroxylation is 1. The van der Waals surface area contributed by atoms with Gasteiger partial charge in [-0.05, 0) is 31.0 Å². The fraction of sp³-hybridized carbons (Fsp3) is 0.531. The Hall–Kier alpha value is -3.24. The van der Waals surface area contributed by atoms with Gasteiger partial charge in [0.1, 0.15) is 13.1 Å². The first kappa shape index (κ1) is 33.3. The molecule has 3 rings (SSSR count). The molecule has 1 unspecified atom stereocenters. The maximum absolute atomic E-state index is 13.8. The summed E-state index contributed by atoms with van der Waals surface area (Å²) in [5.41, 5.74) is -0.164. The number of unbranched alkanes of at least 4 members (excludes halogenated alkanes) is 8. The molecule has 0 radical (unpaired) electrons. The summed E-state index contributed by atoms with van der Waals surface area (Å²) in [6.45, 7) is 2.88. The number of rotatable bonds is 18. The minimum atomic E-state index is -4.65. The predicted molar refractivity (Wildman–Crippen MR) is 154 cm³/mol. The third-order valence-electron chi connectivity index (χ3n) is 7.03. The van der Waals surface area contributed by atoms with Gasteiger partial charge in [0.25, 0.3) is 5.89 Å². The molecule has 0 spiro atoms. The molecule has 1 aromatic heterocycles. The third kappa shape index (κ3) is 10.9. The lowest BCUT2D eigenvalue weighted by Crippen LogP contribution is -2.43. The number of quaternary nitrogens is 1. The van der Waals surface area contributed by atoms with Crippen molar-refractivity contribution >= 4 is 5.97 Å². The van der Waals surface area contributed by atoms with Crippen LogP contribution < -0.4 is 0 Å². The van der Waals surface area contributed by atoms with E-state index in [2.05, 4.69) is 17.1 Å². The van der Waals surface area contributed by atoms with Crippen LogP contribution in [0.4, 0.5) is 13.2 Å². The Balaban J connectivity index is 1.66. The average molecular weight is 590 g/mol. The molecule has 3 aromatic rings. The quantitative estimate of drug-likeness (QED) is 0.0835. The van der Waals surface area contributed by atoms with Crippen molar-refractivity contribution in [2.75, 3.05) is 0 Å². The molecule has 0 N–H and O–H groups in total. The number of aromatic nitrogens is 2. The molecule has 0 amide bonds. The molecule has 0 saturated heterocycles. The highest BCUT2D eigenvalue weighted by Gasteiger charge is 2.36. The van der Waals surface area contributed by atoms with Crippen LogP contribution in [0.1, 0.15) is 107 Å². The largest absolute Gasteiger partial charge is 0.589 e. The number of hydroxylamine groups is 4. The number of alkyl halides is 3. The smallest absolute Gasteiger partial charge is 0.416 e. The molecular formula is C32H42F3N3O4. The lowest BCUT2D eigenvalue weighted by molar-refractivity contribution is -1.07. The van der Waals surface area contributed by atoms with Crippen molar-refractivity contribution in [2.24, 2.45) is 0 Å². The van der Waals surface area contributed by atoms with E-state index in [9.17, 15) is 23.2 Å². The molecule has 42 heavy (non-hydrogen) atoms. The Morgan fingerprint density at radius 2 is 1.60 bits per heavy atom. The zero-order valence-corrected chi connectivity index (χ0v) is 24.6. The van der Waals surface area contributed by atoms with Crippen molar-refractivity contribution < 1.29 is 32.1 Å². The maximum Gasteiger partial charge on any atom is 0.416 e. The molecule has 0 aliphatic carbocycles. The third-order valence-corrected chi connectivity index (χ3v) is 7.03. The Kier molecular flexibility index (Phi) is 13.0. The van der Waals surface area contributed by atoms with Crippen LogP contribution in [0.5, 0.6) is 0 Å². The molecule has 0 fully saturated rings. The van der Waals surface area contributed by atoms with Crippen molar-refractivity contribution in [3.63, 3.8) is 0 Å². The lowest BCUT2D eigenvalue weighted by Gasteiger charge is -2.38. The number of benzene rings is 2. The molecule has 230 valence electrons. The van der Waals surface area contributed by atoms with Gasteiger partial charge in [-0.1, -0.05) is 101 Å². The number of carbonyl (C=O) groups is 1. The molecule has 0 aliphatic rings. The van der Waals surface area contributed by atoms with Crippen LogP contribution in [0.15, 0.2) is 53.1 Å². The monoisotopic (exact) mass is 589 g/mol. The zero-order valence-electron chi connectivity index (χ0n) is 24.6. The summed E-state index contributed by atoms with van der Waals surface area (Å²) in [6, 6.07) is 11.6. The zero-order chi connectivity index (χ0) is 30.4. The molecule has 2 aromatic carbocycles. The number of hydrogen-bond donors (Lipinski definition) is 0. The number of nitrogens with zero attached hydrogens (tertiary/aromatic N) is 3. The summed E-state index contributed by atoms with van der Waals surface area (Å²) in [5, 5.41) is 17.9. The highest BCUT2D eigenvalue weighted by Crippen LogP contribution is 2.34. The van der Waals surface area contributed by atoms with Gasteiger partial charge in [0.2, 0.25) is 0 Å². The highest BCUT2D eigenvalue weighted by atomic mass is 19.4. The van der Waals surface area contributed by atoms with E-state index < -0.39 is 35.6 Å². The molecule has 0 aliphatic heterocycles. The van der Waals surface area contributed by atoms with Crippen molar-refractivity contribution in [1.29, 1.82) is 0 Å². The van der Waals surface area contributed by atoms with Crippen LogP contribution in [-0.2, 0) is 35.3 Å². The van der Waals surface area contributed by atoms with E-state index in [4.69, 9.17) is 9.36 Å². The summed E-state index contributed by atoms with van der Waals surface area (Å²) in [7, 11) is 0. The van der Waals surface area contributed by atoms with E-state index in [1.165, 1.54) is 63.1 Å². The molecule has 0 saturated carbocycles. The first-order chi connectivity index (χ1) is 20.1. The summed E-state index contributed by atoms with van der Waals surface area (Å²) in [5.74, 6) is 0.118. The standard InChI is InChI=1S/C32H42F3N3O4/c1-3-5-6-7-8-9-10-11-12-21-29-36-31(41-37-29)26-19-15-17-25(22-26)23-38(40,42-30(39)16-4-2)24-27-18-13-14-20-28(27)32(33,34)35/h13-15,17-20,22H,3-12,16,21,23-24H2,1-2H3. The van der Waals surface area contributed by atoms with E-state index in [-0.39, 0.29) is 17.9 Å². The van der Waals surface area contributed by atoms with Crippen molar-refractivity contribution in [1.82, 2.24) is 10.1 Å². The van der Waals surface area contributed by atoms with Gasteiger partial charge in [0.05, 0.1) is 12.0 Å². The van der Waals surface area contributed by atoms with Gasteiger partial charge in [-0.15, -0.1) is 0 Å². The van der Waals surface area contributed by atoms with Gasteiger partial charge in [-0.3, -0.25) is 4.84 Å². The molecule has 1 atom stereocenters. The van der Waals surface area contributed by atoms with Crippen LogP contribution in [0.3, 0.4) is 0 Å². The van der Waals surface area contributed by atoms with Gasteiger partial charge in [0, 0.05) is 23.1 Å². The van der Waals surface area contributed by atoms with Crippen LogP contribution in [0, 0.1) is 5.21 Å². The van der Waals surface area contributed by atoms with E-state index in [1.54, 1.807) is 31.2 Å². The van der Waals surface area contributed by atoms with E-state index >= 15 is 0 Å². The Labute approximate surface area is 246 Å². The second kappa shape index (κ2) is 16.4. The minimum absolute atomic E-state index is 0.0209. The summed E-state index contributed by atoms with van der Waals surface area (Å²) in [4.78, 5) is 20.4. The number of halogens is 3. The van der Waals surface area contributed by atoms with Gasteiger partial charge in [0.15, 0.2) is 5.82 Å². The van der Waals surface area contributed by atoms with Crippen LogP contribution in [0.25, 0.3) is 11.5 Å². The average Bonchev–Trinajstić information content (AvgIpc) is 3.41. The SMILES string of the molecule is CCCCCCCCCCCc1noc(-c2cccc(C[N+]([O-])(Cc3ccccc3C(F)(F)F)OC(=O)CCC)c2)n1. The van der Waals surface area contributed by atoms with Crippen LogP contribution in [-0.4, -0.2) is 20.9 Å². The normalized spacial score (nSPS) is 13.2. The highest BCUT2D eigenvalue weighted by molar-refractivity contribution is 5.68. The Morgan fingerprint density at radius 1 is 0.905 bits per heavy atom. The summed E-state index contributed by atoms with van der Waals surface area (Å²) < 4.78 is 46.3. The van der Waals surface area contributed by atoms with Gasteiger partial charge in [-0.2, -0.15) is 23.0 Å². The van der Waals surface area contributed by atoms with Crippen molar-refractivity contribution in [2.45, 2.75) is 110 Å². The molecule has 10 heteroatoms. The molecule has 1 heterocycles. The van der Waals surface area contributed by atoms with Crippen molar-refractivity contribution in [3.8, 4) is 11.5 Å². The van der Waals surface area contributed by atoms with Crippen molar-refractivity contribution in [3.05, 3.63) is 76.3 Å². The number of hydrogen-bond acceptors (Lipinski definition) is 6. The number of carbonyl (C=O) groups excluding carboxylic acids is 1. The van der Waals surface area contributed by atoms with Gasteiger partial charge in [-0.25, -0.2) is 4.79 Å². The predicted octanol–water partition coefficient (Wildman–Crippen LogP) is 9.10. The Bertz CT molecular complexity index is 1250. The van der Waals surface area contributed by atoms with Crippen LogP contribution >= 0.6 is 0 Å². The fourth-order valence-corrected chi connectivity index (χ4v) is 4.90. The molecule has 7 nitrogen and oxygen atoms in total. The fourth-order valence-electron chi connectivity index (χ4n) is 4.90. The first-order valence-electron chi connectivity index (χ1n) is 15.0. The lowest BCUT2D eigenvalue weighted by atomic mass is 10.1. The van der Waals surface area contributed by atoms with Gasteiger partial charge < -0.3 is 9.73 Å². The first-order valence-corrected chi connectivity index (χ1v) is 15.0. The topological polar surface area (TPSA) is 88.3 Å². The van der Waals surface area contributed by atoms with E-state index in [0.29, 0.717) is 29.8 Å². The summed E-state index contributed by atoms with van der Waals surface area (Å²) >= 11 is 0. The van der Waals surface area contributed by atoms with E-state index in [0.717, 1.165) is 18.9 Å².